The van der Waals surface area contributed by atoms with Crippen LogP contribution in [0.2, 0.25) is 0 Å². The Balaban J connectivity index is 2.58. The summed E-state index contributed by atoms with van der Waals surface area (Å²) in [6, 6.07) is 7.48. The van der Waals surface area contributed by atoms with Crippen LogP contribution < -0.4 is 10.6 Å². The number of alkyl carbamates (subject to hydrolysis) is 2. The van der Waals surface area contributed by atoms with E-state index in [4.69, 9.17) is 28.5 Å². The number of benzene rings is 1. The van der Waals surface area contributed by atoms with Crippen molar-refractivity contribution >= 4 is 47.8 Å². The molecule has 0 radical (unpaired) electrons. The molecule has 0 aromatic heterocycles. The molecule has 1 aromatic carbocycles. The smallest absolute Gasteiger partial charge is 0.407 e. The van der Waals surface area contributed by atoms with Gasteiger partial charge >= 0.3 is 30.1 Å². The average molecular weight is 658 g/mol. The van der Waals surface area contributed by atoms with Crippen molar-refractivity contribution in [3.8, 4) is 0 Å². The molecular formula is C28H39N3O13S. The molecule has 3 amide bonds. The molecule has 16 nitrogen and oxygen atoms in total. The number of hydroxylamine groups is 2. The minimum Gasteiger partial charge on any atom is -0.463 e. The Morgan fingerprint density at radius 1 is 0.911 bits per heavy atom. The molecule has 0 unspecified atom stereocenters. The lowest BCUT2D eigenvalue weighted by molar-refractivity contribution is -0.211. The van der Waals surface area contributed by atoms with Gasteiger partial charge in [0, 0.05) is 34.4 Å². The molecule has 45 heavy (non-hydrogen) atoms. The van der Waals surface area contributed by atoms with Crippen LogP contribution in [-0.2, 0) is 59.0 Å². The summed E-state index contributed by atoms with van der Waals surface area (Å²) in [5, 5.41) is 6.01. The van der Waals surface area contributed by atoms with Crippen molar-refractivity contribution in [3.63, 3.8) is 0 Å². The zero-order chi connectivity index (χ0) is 33.7. The Bertz CT molecular complexity index is 1200. The lowest BCUT2D eigenvalue weighted by Gasteiger charge is -2.46. The first-order chi connectivity index (χ1) is 21.2. The molecule has 0 saturated carbocycles. The number of hydrogen-bond acceptors (Lipinski definition) is 14. The molecule has 0 spiro atoms. The van der Waals surface area contributed by atoms with Crippen molar-refractivity contribution in [2.75, 3.05) is 34.4 Å². The fraction of sp³-hybridized carbons (Fsp3) is 0.571. The van der Waals surface area contributed by atoms with Crippen LogP contribution in [-0.4, -0.2) is 110 Å². The Labute approximate surface area is 264 Å². The standard InChI is InChI=1S/C28H39N3O13S/c1-16(32)40-14-20-22(42-17(2)33)23(43-18(3)34)21(30-27(37)41-13-19-11-9-8-10-12-19)24(44-20)45-28(4,15-29-26(36)38-6)25(35)31(5)39-7/h8-12,20-24H,13-15H2,1-7H3,(H,29,36)(H,30,37)/t20-,21-,22-,23-,24+,28+/m1/s1. The van der Waals surface area contributed by atoms with Crippen LogP contribution in [0.15, 0.2) is 30.3 Å². The largest absolute Gasteiger partial charge is 0.463 e. The number of esters is 3. The van der Waals surface area contributed by atoms with E-state index in [-0.39, 0.29) is 13.2 Å². The molecule has 250 valence electrons. The maximum atomic E-state index is 13.5. The summed E-state index contributed by atoms with van der Waals surface area (Å²) in [4.78, 5) is 79.8. The molecule has 6 atom stereocenters. The molecule has 1 aliphatic heterocycles. The van der Waals surface area contributed by atoms with E-state index < -0.39 is 77.1 Å². The molecule has 17 heteroatoms. The van der Waals surface area contributed by atoms with Crippen molar-refractivity contribution in [2.45, 2.75) is 68.8 Å². The van der Waals surface area contributed by atoms with Gasteiger partial charge in [-0.3, -0.25) is 24.0 Å². The molecule has 1 heterocycles. The van der Waals surface area contributed by atoms with Gasteiger partial charge in [-0.15, -0.1) is 11.8 Å². The van der Waals surface area contributed by atoms with Gasteiger partial charge in [-0.2, -0.15) is 0 Å². The van der Waals surface area contributed by atoms with Crippen LogP contribution in [0, 0.1) is 0 Å². The molecular weight excluding hydrogens is 618 g/mol. The molecule has 1 aliphatic rings. The highest BCUT2D eigenvalue weighted by Crippen LogP contribution is 2.39. The lowest BCUT2D eigenvalue weighted by atomic mass is 9.97. The highest BCUT2D eigenvalue weighted by atomic mass is 32.2. The second-order valence-electron chi connectivity index (χ2n) is 9.90. The number of carbonyl (C=O) groups excluding carboxylic acids is 6. The normalized spacial score (nSPS) is 22.1. The molecule has 1 aromatic rings. The number of hydrogen-bond donors (Lipinski definition) is 2. The Morgan fingerprint density at radius 2 is 1.53 bits per heavy atom. The van der Waals surface area contributed by atoms with E-state index in [1.54, 1.807) is 30.3 Å². The number of rotatable bonds is 13. The summed E-state index contributed by atoms with van der Waals surface area (Å²) in [6.45, 7) is 3.96. The molecule has 0 bridgehead atoms. The van der Waals surface area contributed by atoms with E-state index >= 15 is 0 Å². The Kier molecular flexibility index (Phi) is 14.4. The topological polar surface area (TPSA) is 194 Å². The molecule has 2 rings (SSSR count). The molecule has 1 fully saturated rings. The summed E-state index contributed by atoms with van der Waals surface area (Å²) >= 11 is 0.820. The van der Waals surface area contributed by atoms with Crippen LogP contribution >= 0.6 is 11.8 Å². The minimum atomic E-state index is -1.57. The van der Waals surface area contributed by atoms with Crippen LogP contribution in [0.3, 0.4) is 0 Å². The number of methoxy groups -OCH3 is 1. The number of thioether (sulfide) groups is 1. The predicted molar refractivity (Wildman–Crippen MR) is 156 cm³/mol. The number of amides is 3. The van der Waals surface area contributed by atoms with Gasteiger partial charge in [0.05, 0.1) is 14.2 Å². The predicted octanol–water partition coefficient (Wildman–Crippen LogP) is 1.30. The highest BCUT2D eigenvalue weighted by Gasteiger charge is 2.54. The van der Waals surface area contributed by atoms with Gasteiger partial charge in [0.15, 0.2) is 12.2 Å². The first kappa shape index (κ1) is 37.1. The third-order valence-corrected chi connectivity index (χ3v) is 7.82. The highest BCUT2D eigenvalue weighted by molar-refractivity contribution is 8.01. The maximum Gasteiger partial charge on any atom is 0.407 e. The Hall–Kier alpha value is -4.09. The van der Waals surface area contributed by atoms with E-state index in [0.29, 0.717) is 5.56 Å². The second-order valence-corrected chi connectivity index (χ2v) is 11.5. The van der Waals surface area contributed by atoms with Crippen molar-refractivity contribution < 1.29 is 62.0 Å². The quantitative estimate of drug-likeness (QED) is 0.175. The summed E-state index contributed by atoms with van der Waals surface area (Å²) in [6.07, 6.45) is -5.82. The van der Waals surface area contributed by atoms with Crippen LogP contribution in [0.25, 0.3) is 0 Å². The van der Waals surface area contributed by atoms with Crippen molar-refractivity contribution in [1.82, 2.24) is 15.7 Å². The molecule has 0 aliphatic carbocycles. The maximum absolute atomic E-state index is 13.5. The minimum absolute atomic E-state index is 0.114. The average Bonchev–Trinajstić information content (AvgIpc) is 2.99. The second kappa shape index (κ2) is 17.4. The van der Waals surface area contributed by atoms with E-state index in [9.17, 15) is 28.8 Å². The van der Waals surface area contributed by atoms with E-state index in [1.807, 2.05) is 0 Å². The third-order valence-electron chi connectivity index (χ3n) is 6.34. The lowest BCUT2D eigenvalue weighted by Crippen LogP contribution is -2.66. The van der Waals surface area contributed by atoms with Gasteiger partial charge in [0.2, 0.25) is 0 Å². The summed E-state index contributed by atoms with van der Waals surface area (Å²) in [5.41, 5.74) is -0.589. The van der Waals surface area contributed by atoms with Crippen LogP contribution in [0.5, 0.6) is 0 Å². The van der Waals surface area contributed by atoms with Gasteiger partial charge < -0.3 is 39.1 Å². The van der Waals surface area contributed by atoms with Gasteiger partial charge in [0.25, 0.3) is 5.91 Å². The van der Waals surface area contributed by atoms with E-state index in [2.05, 4.69) is 15.4 Å². The zero-order valence-corrected chi connectivity index (χ0v) is 26.9. The van der Waals surface area contributed by atoms with Crippen molar-refractivity contribution in [1.29, 1.82) is 0 Å². The van der Waals surface area contributed by atoms with Crippen LogP contribution in [0.4, 0.5) is 9.59 Å². The summed E-state index contributed by atoms with van der Waals surface area (Å²) < 4.78 is 30.9. The SMILES string of the molecule is COC(=O)NC[C@](C)(S[C@@H]1O[C@H](COC(C)=O)[C@@H](OC(C)=O)[C@H](OC(C)=O)[C@H]1NC(=O)OCc1ccccc1)C(=O)N(C)OC. The summed E-state index contributed by atoms with van der Waals surface area (Å²) in [5.74, 6) is -2.90. The number of carbonyl (C=O) groups is 6. The van der Waals surface area contributed by atoms with Gasteiger partial charge in [-0.05, 0) is 12.5 Å². The number of nitrogens with one attached hydrogen (secondary N) is 2. The molecule has 1 saturated heterocycles. The van der Waals surface area contributed by atoms with Gasteiger partial charge in [-0.1, -0.05) is 30.3 Å². The van der Waals surface area contributed by atoms with Crippen molar-refractivity contribution in [2.24, 2.45) is 0 Å². The monoisotopic (exact) mass is 657 g/mol. The number of nitrogens with zero attached hydrogens (tertiary/aromatic N) is 1. The summed E-state index contributed by atoms with van der Waals surface area (Å²) in [7, 11) is 3.75. The fourth-order valence-corrected chi connectivity index (χ4v) is 5.68. The van der Waals surface area contributed by atoms with Crippen molar-refractivity contribution in [3.05, 3.63) is 35.9 Å². The fourth-order valence-electron chi connectivity index (χ4n) is 4.21. The molecule has 2 N–H and O–H groups in total. The van der Waals surface area contributed by atoms with Gasteiger partial charge in [-0.25, -0.2) is 14.7 Å². The van der Waals surface area contributed by atoms with E-state index in [0.717, 1.165) is 44.7 Å². The first-order valence-corrected chi connectivity index (χ1v) is 14.5. The number of ether oxygens (including phenoxy) is 6. The first-order valence-electron chi connectivity index (χ1n) is 13.6. The zero-order valence-electron chi connectivity index (χ0n) is 26.1. The third kappa shape index (κ3) is 11.4. The van der Waals surface area contributed by atoms with Crippen LogP contribution in [0.1, 0.15) is 33.3 Å². The van der Waals surface area contributed by atoms with Gasteiger partial charge in [0.1, 0.15) is 35.5 Å². The van der Waals surface area contributed by atoms with E-state index in [1.165, 1.54) is 21.1 Å². The Morgan fingerprint density at radius 3 is 2.09 bits per heavy atom.